The summed E-state index contributed by atoms with van der Waals surface area (Å²) in [5.41, 5.74) is 1.93. The molecule has 7 atom stereocenters. The summed E-state index contributed by atoms with van der Waals surface area (Å²) in [4.78, 5) is 6.52. The molecule has 0 amide bonds. The minimum atomic E-state index is -0.221. The molecule has 1 aliphatic carbocycles. The molecule has 1 aromatic heterocycles. The monoisotopic (exact) mass is 567 g/mol. The lowest BCUT2D eigenvalue weighted by Crippen LogP contribution is -2.69. The van der Waals surface area contributed by atoms with Crippen LogP contribution in [0.2, 0.25) is 0 Å². The van der Waals surface area contributed by atoms with Gasteiger partial charge in [0.15, 0.2) is 0 Å². The van der Waals surface area contributed by atoms with Crippen LogP contribution in [0, 0.1) is 22.5 Å². The fourth-order valence-corrected chi connectivity index (χ4v) is 9.90. The van der Waals surface area contributed by atoms with E-state index < -0.39 is 0 Å². The van der Waals surface area contributed by atoms with E-state index in [0.717, 1.165) is 68.3 Å². The van der Waals surface area contributed by atoms with E-state index >= 15 is 0 Å². The summed E-state index contributed by atoms with van der Waals surface area (Å²) in [5, 5.41) is 23.1. The van der Waals surface area contributed by atoms with Gasteiger partial charge in [0.05, 0.1) is 11.5 Å². The molecular formula is C36H47N4O2-. The van der Waals surface area contributed by atoms with Gasteiger partial charge >= 0.3 is 0 Å². The van der Waals surface area contributed by atoms with Crippen LogP contribution in [0.4, 0.5) is 0 Å². The van der Waals surface area contributed by atoms with Crippen molar-refractivity contribution < 1.29 is 4.74 Å². The second kappa shape index (κ2) is 11.0. The van der Waals surface area contributed by atoms with Crippen LogP contribution >= 0.6 is 0 Å². The molecule has 1 aromatic carbocycles. The van der Waals surface area contributed by atoms with E-state index in [2.05, 4.69) is 69.8 Å². The molecule has 6 nitrogen and oxygen atoms in total. The number of allylic oxidation sites excluding steroid dienone is 4. The van der Waals surface area contributed by atoms with Crippen LogP contribution in [-0.4, -0.2) is 65.4 Å². The van der Waals surface area contributed by atoms with Crippen molar-refractivity contribution >= 4 is 22.7 Å². The van der Waals surface area contributed by atoms with Gasteiger partial charge in [-0.2, -0.15) is 0 Å². The molecule has 3 bridgehead atoms. The number of fused-ring (bicyclic) bond motifs is 4. The number of hydrogen-bond donors (Lipinski definition) is 2. The second-order valence-electron chi connectivity index (χ2n) is 13.9. The van der Waals surface area contributed by atoms with Crippen LogP contribution < -0.4 is 15.9 Å². The summed E-state index contributed by atoms with van der Waals surface area (Å²) in [5.74, 6) is 0.511. The molecule has 0 radical (unpaired) electrons. The molecule has 6 heteroatoms. The van der Waals surface area contributed by atoms with Gasteiger partial charge in [0.2, 0.25) is 0 Å². The fourth-order valence-electron chi connectivity index (χ4n) is 9.90. The third kappa shape index (κ3) is 4.36. The molecule has 6 aliphatic rings. The molecule has 1 saturated carbocycles. The predicted molar refractivity (Wildman–Crippen MR) is 170 cm³/mol. The number of rotatable bonds is 1. The maximum atomic E-state index is 14.1. The van der Waals surface area contributed by atoms with Crippen LogP contribution in [0.1, 0.15) is 70.6 Å². The quantitative estimate of drug-likeness (QED) is 0.377. The summed E-state index contributed by atoms with van der Waals surface area (Å²) in [6.07, 6.45) is 24.7. The topological polar surface area (TPSA) is 69.9 Å². The molecule has 8 rings (SSSR count). The number of nitrogens with one attached hydrogen (secondary N) is 2. The van der Waals surface area contributed by atoms with Crippen LogP contribution in [0.25, 0.3) is 22.7 Å². The molecule has 3 fully saturated rings. The summed E-state index contributed by atoms with van der Waals surface area (Å²) in [7, 11) is 0. The zero-order chi connectivity index (χ0) is 28.1. The Labute approximate surface area is 250 Å². The summed E-state index contributed by atoms with van der Waals surface area (Å²) in [6, 6.07) is 8.86. The lowest BCUT2D eigenvalue weighted by atomic mass is 9.50. The number of hydrogen-bond acceptors (Lipinski definition) is 5. The molecule has 6 heterocycles. The van der Waals surface area contributed by atoms with E-state index in [4.69, 9.17) is 4.74 Å². The first-order chi connectivity index (χ1) is 20.7. The Balaban J connectivity index is 1.33. The molecule has 224 valence electrons. The molecular weight excluding hydrogens is 520 g/mol. The van der Waals surface area contributed by atoms with Crippen molar-refractivity contribution in [3.63, 3.8) is 0 Å². The Morgan fingerprint density at radius 1 is 0.905 bits per heavy atom. The number of H-pyrrole nitrogens is 1. The first-order valence-electron chi connectivity index (χ1n) is 16.9. The SMILES string of the molecule is [O-]N1CC=c2c([nH]c3ccccc23)=C1C1C2CCN3CCCCC=CCCC4(OC14)C1NCCCCC=CCCC21C3. The lowest BCUT2D eigenvalue weighted by Gasteiger charge is -2.60. The lowest BCUT2D eigenvalue weighted by molar-refractivity contribution is -0.0636. The smallest absolute Gasteiger partial charge is 0.112 e. The van der Waals surface area contributed by atoms with E-state index in [1.807, 2.05) is 0 Å². The molecule has 2 aromatic rings. The minimum Gasteiger partial charge on any atom is -0.758 e. The Bertz CT molecular complexity index is 1490. The van der Waals surface area contributed by atoms with Gasteiger partial charge in [-0.3, -0.25) is 0 Å². The number of piperidine rings is 1. The molecule has 2 N–H and O–H groups in total. The van der Waals surface area contributed by atoms with E-state index in [1.165, 1.54) is 60.7 Å². The predicted octanol–water partition coefficient (Wildman–Crippen LogP) is 4.94. The average molecular weight is 568 g/mol. The number of aromatic nitrogens is 1. The highest BCUT2D eigenvalue weighted by atomic mass is 16.6. The van der Waals surface area contributed by atoms with Crippen molar-refractivity contribution in [1.82, 2.24) is 20.3 Å². The highest BCUT2D eigenvalue weighted by Gasteiger charge is 2.75. The Morgan fingerprint density at radius 3 is 2.62 bits per heavy atom. The van der Waals surface area contributed by atoms with Crippen LogP contribution in [-0.2, 0) is 4.74 Å². The maximum absolute atomic E-state index is 14.1. The largest absolute Gasteiger partial charge is 0.758 e. The van der Waals surface area contributed by atoms with E-state index in [0.29, 0.717) is 18.5 Å². The van der Waals surface area contributed by atoms with Gasteiger partial charge < -0.3 is 30.2 Å². The molecule has 2 spiro atoms. The normalized spacial score (nSPS) is 38.6. The number of ether oxygens (including phenoxy) is 1. The molecule has 5 aliphatic heterocycles. The fraction of sp³-hybridized carbons (Fsp3) is 0.611. The van der Waals surface area contributed by atoms with Gasteiger partial charge in [-0.15, -0.1) is 0 Å². The van der Waals surface area contributed by atoms with Gasteiger partial charge in [-0.05, 0) is 102 Å². The summed E-state index contributed by atoms with van der Waals surface area (Å²) in [6.45, 7) is 4.88. The Morgan fingerprint density at radius 2 is 1.71 bits per heavy atom. The van der Waals surface area contributed by atoms with Crippen molar-refractivity contribution in [3.8, 4) is 0 Å². The number of benzene rings is 1. The third-order valence-corrected chi connectivity index (χ3v) is 11.7. The highest BCUT2D eigenvalue weighted by molar-refractivity contribution is 5.82. The zero-order valence-electron chi connectivity index (χ0n) is 25.0. The number of epoxide rings is 1. The average Bonchev–Trinajstić information content (AvgIpc) is 3.61. The second-order valence-corrected chi connectivity index (χ2v) is 13.9. The highest BCUT2D eigenvalue weighted by Crippen LogP contribution is 2.66. The number of para-hydroxylation sites is 1. The molecule has 7 unspecified atom stereocenters. The van der Waals surface area contributed by atoms with Crippen LogP contribution in [0.15, 0.2) is 48.6 Å². The van der Waals surface area contributed by atoms with Crippen LogP contribution in [0.3, 0.4) is 0 Å². The van der Waals surface area contributed by atoms with E-state index in [1.54, 1.807) is 0 Å². The van der Waals surface area contributed by atoms with Gasteiger partial charge in [-0.1, -0.05) is 48.6 Å². The number of nitrogens with zero attached hydrogens (tertiary/aromatic N) is 2. The van der Waals surface area contributed by atoms with Crippen molar-refractivity contribution in [3.05, 3.63) is 64.3 Å². The van der Waals surface area contributed by atoms with Gasteiger partial charge in [-0.25, -0.2) is 0 Å². The summed E-state index contributed by atoms with van der Waals surface area (Å²) >= 11 is 0. The summed E-state index contributed by atoms with van der Waals surface area (Å²) < 4.78 is 7.15. The van der Waals surface area contributed by atoms with E-state index in [-0.39, 0.29) is 23.0 Å². The van der Waals surface area contributed by atoms with Crippen molar-refractivity contribution in [2.45, 2.75) is 88.4 Å². The molecule has 42 heavy (non-hydrogen) atoms. The first kappa shape index (κ1) is 27.2. The maximum Gasteiger partial charge on any atom is 0.112 e. The van der Waals surface area contributed by atoms with Crippen molar-refractivity contribution in [2.24, 2.45) is 17.3 Å². The van der Waals surface area contributed by atoms with Gasteiger partial charge in [0, 0.05) is 52.3 Å². The van der Waals surface area contributed by atoms with E-state index in [9.17, 15) is 5.21 Å². The van der Waals surface area contributed by atoms with Gasteiger partial charge in [0.25, 0.3) is 0 Å². The Hall–Kier alpha value is -2.38. The van der Waals surface area contributed by atoms with Gasteiger partial charge in [0.1, 0.15) is 5.60 Å². The Kier molecular flexibility index (Phi) is 7.09. The first-order valence-corrected chi connectivity index (χ1v) is 16.9. The third-order valence-electron chi connectivity index (χ3n) is 11.7. The van der Waals surface area contributed by atoms with Crippen LogP contribution in [0.5, 0.6) is 0 Å². The van der Waals surface area contributed by atoms with Crippen molar-refractivity contribution in [1.29, 1.82) is 0 Å². The van der Waals surface area contributed by atoms with Crippen molar-refractivity contribution in [2.75, 3.05) is 32.7 Å². The number of aromatic amines is 1. The minimum absolute atomic E-state index is 0.0591. The number of hydroxylamine groups is 2. The standard InChI is InChI=1S/C36H47N4O2/c41-40-24-17-27-26-15-9-10-16-29(26)38-31(27)32(40)30-28-18-23-39-22-14-8-4-2-6-12-20-36(33(30)42-36)34-35(28,25-39)19-11-5-1-3-7-13-21-37-34/h1-2,5-6,9-10,15-17,28,30,33-34,37-38H,3-4,7-8,11-14,18-25H2/q-1. The zero-order valence-corrected chi connectivity index (χ0v) is 25.0. The molecule has 2 saturated heterocycles.